The average Bonchev–Trinajstić information content (AvgIpc) is 2.78. The van der Waals surface area contributed by atoms with Crippen molar-refractivity contribution in [2.45, 2.75) is 37.9 Å². The maximum Gasteiger partial charge on any atom is 0.417 e. The molecule has 1 aliphatic rings. The average molecular weight is 458 g/mol. The van der Waals surface area contributed by atoms with Gasteiger partial charge in [0, 0.05) is 36.6 Å². The van der Waals surface area contributed by atoms with Gasteiger partial charge < -0.3 is 15.8 Å². The van der Waals surface area contributed by atoms with Gasteiger partial charge in [-0.15, -0.1) is 0 Å². The third-order valence-corrected chi connectivity index (χ3v) is 6.06. The van der Waals surface area contributed by atoms with E-state index in [-0.39, 0.29) is 23.2 Å². The number of amides is 1. The Kier molecular flexibility index (Phi) is 6.25. The second-order valence-corrected chi connectivity index (χ2v) is 8.62. The molecule has 1 aliphatic heterocycles. The lowest BCUT2D eigenvalue weighted by atomic mass is 9.81. The summed E-state index contributed by atoms with van der Waals surface area (Å²) in [7, 11) is 0. The van der Waals surface area contributed by atoms with Crippen LogP contribution in [0.5, 0.6) is 0 Å². The lowest BCUT2D eigenvalue weighted by molar-refractivity contribution is -0.137. The number of fused-ring (bicyclic) bond motifs is 1. The molecule has 0 bridgehead atoms. The third kappa shape index (κ3) is 5.08. The monoisotopic (exact) mass is 458 g/mol. The third-order valence-electron chi connectivity index (χ3n) is 6.06. The Morgan fingerprint density at radius 3 is 2.64 bits per heavy atom. The minimum absolute atomic E-state index is 0.109. The number of rotatable bonds is 5. The zero-order valence-electron chi connectivity index (χ0n) is 18.2. The highest BCUT2D eigenvalue weighted by Crippen LogP contribution is 2.37. The minimum Gasteiger partial charge on any atom is -0.397 e. The van der Waals surface area contributed by atoms with E-state index in [4.69, 9.17) is 10.5 Å². The highest BCUT2D eigenvalue weighted by molar-refractivity contribution is 5.98. The summed E-state index contributed by atoms with van der Waals surface area (Å²) in [5.74, 6) is -0.162. The van der Waals surface area contributed by atoms with E-state index >= 15 is 0 Å². The summed E-state index contributed by atoms with van der Waals surface area (Å²) >= 11 is 0. The van der Waals surface area contributed by atoms with Crippen LogP contribution in [0.2, 0.25) is 0 Å². The molecule has 33 heavy (non-hydrogen) atoms. The molecule has 1 unspecified atom stereocenters. The number of nitrogens with zero attached hydrogens (tertiary/aromatic N) is 2. The molecule has 1 fully saturated rings. The molecule has 3 aromatic rings. The Bertz CT molecular complexity index is 1160. The maximum atomic E-state index is 13.3. The number of pyridine rings is 2. The van der Waals surface area contributed by atoms with E-state index in [1.165, 1.54) is 0 Å². The Hall–Kier alpha value is -3.20. The van der Waals surface area contributed by atoms with Crippen LogP contribution >= 0.6 is 0 Å². The van der Waals surface area contributed by atoms with E-state index in [2.05, 4.69) is 15.3 Å². The molecule has 174 valence electrons. The number of ether oxygens (including phenoxy) is 1. The Balaban J connectivity index is 1.68. The second-order valence-electron chi connectivity index (χ2n) is 8.62. The predicted octanol–water partition coefficient (Wildman–Crippen LogP) is 4.69. The predicted molar refractivity (Wildman–Crippen MR) is 118 cm³/mol. The number of carbonyl (C=O) groups is 1. The molecule has 3 heterocycles. The highest BCUT2D eigenvalue weighted by Gasteiger charge is 2.38. The Labute approximate surface area is 189 Å². The highest BCUT2D eigenvalue weighted by atomic mass is 19.4. The fourth-order valence-electron chi connectivity index (χ4n) is 4.37. The molecule has 1 atom stereocenters. The molecule has 3 N–H and O–H groups in total. The van der Waals surface area contributed by atoms with Crippen molar-refractivity contribution < 1.29 is 22.7 Å². The maximum absolute atomic E-state index is 13.3. The lowest BCUT2D eigenvalue weighted by Gasteiger charge is -2.36. The van der Waals surface area contributed by atoms with Crippen molar-refractivity contribution in [3.63, 3.8) is 0 Å². The molecule has 0 saturated carbocycles. The van der Waals surface area contributed by atoms with E-state index < -0.39 is 17.3 Å². The zero-order valence-corrected chi connectivity index (χ0v) is 18.2. The molecule has 1 amide bonds. The van der Waals surface area contributed by atoms with Gasteiger partial charge in [-0.2, -0.15) is 13.2 Å². The number of halogens is 3. The van der Waals surface area contributed by atoms with E-state index in [9.17, 15) is 18.0 Å². The first-order valence-corrected chi connectivity index (χ1v) is 10.7. The number of anilines is 1. The number of benzene rings is 1. The molecule has 0 spiro atoms. The van der Waals surface area contributed by atoms with Gasteiger partial charge in [0.25, 0.3) is 5.91 Å². The Morgan fingerprint density at radius 1 is 1.18 bits per heavy atom. The van der Waals surface area contributed by atoms with Gasteiger partial charge in [0.2, 0.25) is 0 Å². The molecule has 1 aromatic carbocycles. The summed E-state index contributed by atoms with van der Waals surface area (Å²) in [5.41, 5.74) is 5.34. The smallest absolute Gasteiger partial charge is 0.397 e. The first-order chi connectivity index (χ1) is 15.7. The van der Waals surface area contributed by atoms with Crippen molar-refractivity contribution in [1.82, 2.24) is 15.3 Å². The number of aromatic nitrogens is 2. The topological polar surface area (TPSA) is 90.1 Å². The Morgan fingerprint density at radius 2 is 1.94 bits per heavy atom. The van der Waals surface area contributed by atoms with Gasteiger partial charge in [0.15, 0.2) is 0 Å². The van der Waals surface area contributed by atoms with Gasteiger partial charge in [-0.3, -0.25) is 14.8 Å². The summed E-state index contributed by atoms with van der Waals surface area (Å²) < 4.78 is 44.9. The van der Waals surface area contributed by atoms with Crippen molar-refractivity contribution in [3.8, 4) is 0 Å². The van der Waals surface area contributed by atoms with E-state index in [0.29, 0.717) is 25.2 Å². The van der Waals surface area contributed by atoms with Crippen molar-refractivity contribution in [2.24, 2.45) is 5.92 Å². The second kappa shape index (κ2) is 8.97. The molecule has 0 aliphatic carbocycles. The number of hydrogen-bond acceptors (Lipinski definition) is 5. The van der Waals surface area contributed by atoms with Crippen LogP contribution in [-0.4, -0.2) is 29.1 Å². The van der Waals surface area contributed by atoms with Crippen LogP contribution in [0.15, 0.2) is 48.8 Å². The quantitative estimate of drug-likeness (QED) is 0.579. The number of carbonyl (C=O) groups excluding carboxylic acids is 1. The number of alkyl halides is 3. The van der Waals surface area contributed by atoms with Crippen LogP contribution in [-0.2, 0) is 16.5 Å². The van der Waals surface area contributed by atoms with E-state index in [1.807, 2.05) is 6.07 Å². The molecule has 9 heteroatoms. The van der Waals surface area contributed by atoms with Crippen molar-refractivity contribution in [3.05, 3.63) is 65.6 Å². The fraction of sp³-hybridized carbons (Fsp3) is 0.375. The van der Waals surface area contributed by atoms with Crippen LogP contribution in [0.25, 0.3) is 10.9 Å². The number of nitrogens with one attached hydrogen (secondary N) is 1. The van der Waals surface area contributed by atoms with Gasteiger partial charge in [-0.05, 0) is 62.4 Å². The van der Waals surface area contributed by atoms with Crippen molar-refractivity contribution in [1.29, 1.82) is 0 Å². The van der Waals surface area contributed by atoms with Crippen LogP contribution < -0.4 is 11.1 Å². The van der Waals surface area contributed by atoms with Gasteiger partial charge in [-0.1, -0.05) is 6.07 Å². The normalized spacial score (nSPS) is 17.0. The first kappa shape index (κ1) is 23.0. The van der Waals surface area contributed by atoms with Gasteiger partial charge in [0.05, 0.1) is 28.0 Å². The molecule has 2 aromatic heterocycles. The summed E-state index contributed by atoms with van der Waals surface area (Å²) in [6.45, 7) is 2.96. The minimum atomic E-state index is -4.56. The SMILES string of the molecule is CC(CC1CCOCC1)(NC(=O)c1ccc2ncccc2c1)c1ncc(C(F)(F)F)cc1N. The lowest BCUT2D eigenvalue weighted by Crippen LogP contribution is -2.46. The molecular formula is C24H25F3N4O2. The summed E-state index contributed by atoms with van der Waals surface area (Å²) in [6.07, 6.45) is -0.0753. The summed E-state index contributed by atoms with van der Waals surface area (Å²) in [6, 6.07) is 9.67. The fourth-order valence-corrected chi connectivity index (χ4v) is 4.37. The molecule has 6 nitrogen and oxygen atoms in total. The standard InChI is InChI=1S/C24H25F3N4O2/c1-23(13-15-6-9-33-10-7-15,21-19(28)12-18(14-30-21)24(25,26)27)31-22(32)17-4-5-20-16(11-17)3-2-8-29-20/h2-5,8,11-12,14-15H,6-7,9-10,13,28H2,1H3,(H,31,32). The largest absolute Gasteiger partial charge is 0.417 e. The van der Waals surface area contributed by atoms with E-state index in [1.54, 1.807) is 37.4 Å². The molecule has 0 radical (unpaired) electrons. The summed E-state index contributed by atoms with van der Waals surface area (Å²) in [4.78, 5) is 21.6. The van der Waals surface area contributed by atoms with Gasteiger partial charge >= 0.3 is 6.18 Å². The van der Waals surface area contributed by atoms with Crippen LogP contribution in [0.1, 0.15) is 47.8 Å². The van der Waals surface area contributed by atoms with Crippen LogP contribution in [0.4, 0.5) is 18.9 Å². The number of nitrogens with two attached hydrogens (primary N) is 1. The van der Waals surface area contributed by atoms with Crippen molar-refractivity contribution >= 4 is 22.5 Å². The zero-order chi connectivity index (χ0) is 23.6. The van der Waals surface area contributed by atoms with Crippen molar-refractivity contribution in [2.75, 3.05) is 18.9 Å². The van der Waals surface area contributed by atoms with Gasteiger partial charge in [0.1, 0.15) is 0 Å². The van der Waals surface area contributed by atoms with Crippen LogP contribution in [0, 0.1) is 5.92 Å². The molecular weight excluding hydrogens is 433 g/mol. The molecule has 1 saturated heterocycles. The number of nitrogen functional groups attached to an aromatic ring is 1. The summed E-state index contributed by atoms with van der Waals surface area (Å²) in [5, 5.41) is 3.82. The van der Waals surface area contributed by atoms with E-state index in [0.717, 1.165) is 36.0 Å². The number of hydrogen-bond donors (Lipinski definition) is 2. The van der Waals surface area contributed by atoms with Gasteiger partial charge in [-0.25, -0.2) is 0 Å². The molecule has 4 rings (SSSR count). The van der Waals surface area contributed by atoms with Crippen LogP contribution in [0.3, 0.4) is 0 Å². The first-order valence-electron chi connectivity index (χ1n) is 10.7.